The van der Waals surface area contributed by atoms with Gasteiger partial charge in [-0.1, -0.05) is 49.4 Å². The van der Waals surface area contributed by atoms with Crippen molar-refractivity contribution in [3.05, 3.63) is 59.8 Å². The van der Waals surface area contributed by atoms with Crippen LogP contribution < -0.4 is 5.73 Å². The number of para-hydroxylation sites is 1. The van der Waals surface area contributed by atoms with Crippen LogP contribution in [0, 0.1) is 0 Å². The molecular formula is C18H18N2. The molecule has 1 heterocycles. The van der Waals surface area contributed by atoms with Crippen LogP contribution in [0.4, 0.5) is 0 Å². The molecule has 20 heavy (non-hydrogen) atoms. The smallest absolute Gasteiger partial charge is 0.0524 e. The number of aromatic nitrogens is 1. The van der Waals surface area contributed by atoms with Gasteiger partial charge in [-0.3, -0.25) is 0 Å². The van der Waals surface area contributed by atoms with Gasteiger partial charge in [0.2, 0.25) is 0 Å². The van der Waals surface area contributed by atoms with Crippen molar-refractivity contribution >= 4 is 10.9 Å². The second-order valence-electron chi connectivity index (χ2n) is 5.59. The van der Waals surface area contributed by atoms with E-state index in [1.165, 1.54) is 33.3 Å². The molecule has 0 bridgehead atoms. The Labute approximate surface area is 118 Å². The van der Waals surface area contributed by atoms with Gasteiger partial charge in [0.05, 0.1) is 6.04 Å². The van der Waals surface area contributed by atoms with E-state index in [1.807, 2.05) is 0 Å². The van der Waals surface area contributed by atoms with Crippen molar-refractivity contribution in [2.24, 2.45) is 5.73 Å². The number of fused-ring (bicyclic) bond motifs is 5. The first-order valence-corrected chi connectivity index (χ1v) is 7.26. The molecule has 2 aromatic carbocycles. The lowest BCUT2D eigenvalue weighted by Crippen LogP contribution is -2.24. The van der Waals surface area contributed by atoms with Crippen molar-refractivity contribution in [1.29, 1.82) is 0 Å². The summed E-state index contributed by atoms with van der Waals surface area (Å²) < 4.78 is 0. The number of aromatic amines is 1. The van der Waals surface area contributed by atoms with Crippen LogP contribution in [-0.4, -0.2) is 4.98 Å². The van der Waals surface area contributed by atoms with Crippen molar-refractivity contribution in [3.63, 3.8) is 0 Å². The number of H-pyrrole nitrogens is 1. The largest absolute Gasteiger partial charge is 0.357 e. The van der Waals surface area contributed by atoms with Crippen LogP contribution in [0.15, 0.2) is 48.5 Å². The van der Waals surface area contributed by atoms with E-state index in [0.717, 1.165) is 6.42 Å². The Morgan fingerprint density at radius 2 is 1.80 bits per heavy atom. The molecule has 3 aromatic rings. The van der Waals surface area contributed by atoms with Gasteiger partial charge in [0, 0.05) is 28.1 Å². The van der Waals surface area contributed by atoms with Crippen molar-refractivity contribution in [3.8, 4) is 11.1 Å². The van der Waals surface area contributed by atoms with Gasteiger partial charge in [-0.05, 0) is 23.6 Å². The molecule has 2 unspecified atom stereocenters. The molecule has 0 spiro atoms. The predicted octanol–water partition coefficient (Wildman–Crippen LogP) is 4.34. The van der Waals surface area contributed by atoms with E-state index >= 15 is 0 Å². The van der Waals surface area contributed by atoms with Crippen LogP contribution in [0.1, 0.15) is 36.6 Å². The molecule has 1 aliphatic carbocycles. The summed E-state index contributed by atoms with van der Waals surface area (Å²) in [6.45, 7) is 2.22. The minimum Gasteiger partial charge on any atom is -0.357 e. The third-order valence-corrected chi connectivity index (χ3v) is 4.57. The van der Waals surface area contributed by atoms with Crippen LogP contribution in [0.2, 0.25) is 0 Å². The molecule has 0 saturated carbocycles. The molecule has 0 saturated heterocycles. The van der Waals surface area contributed by atoms with Gasteiger partial charge in [-0.25, -0.2) is 0 Å². The molecule has 0 amide bonds. The van der Waals surface area contributed by atoms with Gasteiger partial charge >= 0.3 is 0 Å². The Morgan fingerprint density at radius 1 is 1.05 bits per heavy atom. The maximum Gasteiger partial charge on any atom is 0.0524 e. The molecule has 0 radical (unpaired) electrons. The number of hydrogen-bond acceptors (Lipinski definition) is 1. The van der Waals surface area contributed by atoms with Gasteiger partial charge < -0.3 is 10.7 Å². The fourth-order valence-corrected chi connectivity index (χ4v) is 3.62. The Morgan fingerprint density at radius 3 is 2.65 bits per heavy atom. The molecule has 2 atom stereocenters. The molecule has 4 rings (SSSR count). The average molecular weight is 262 g/mol. The average Bonchev–Trinajstić information content (AvgIpc) is 2.88. The van der Waals surface area contributed by atoms with Crippen molar-refractivity contribution in [2.45, 2.75) is 25.3 Å². The maximum absolute atomic E-state index is 6.55. The zero-order valence-corrected chi connectivity index (χ0v) is 11.6. The predicted molar refractivity (Wildman–Crippen MR) is 83.7 cm³/mol. The monoisotopic (exact) mass is 262 g/mol. The number of nitrogens with one attached hydrogen (secondary N) is 1. The Kier molecular flexibility index (Phi) is 2.48. The van der Waals surface area contributed by atoms with Gasteiger partial charge in [0.15, 0.2) is 0 Å². The maximum atomic E-state index is 6.55. The van der Waals surface area contributed by atoms with E-state index in [-0.39, 0.29) is 6.04 Å². The van der Waals surface area contributed by atoms with Crippen molar-refractivity contribution in [1.82, 2.24) is 4.98 Å². The van der Waals surface area contributed by atoms with E-state index in [1.54, 1.807) is 0 Å². The molecule has 2 nitrogen and oxygen atoms in total. The van der Waals surface area contributed by atoms with Crippen LogP contribution in [-0.2, 0) is 0 Å². The molecular weight excluding hydrogens is 244 g/mol. The third kappa shape index (κ3) is 1.43. The summed E-state index contributed by atoms with van der Waals surface area (Å²) in [5, 5.41) is 1.28. The summed E-state index contributed by atoms with van der Waals surface area (Å²) in [5.41, 5.74) is 12.9. The number of benzene rings is 2. The fourth-order valence-electron chi connectivity index (χ4n) is 3.62. The molecule has 2 heteroatoms. The van der Waals surface area contributed by atoms with Crippen LogP contribution in [0.25, 0.3) is 22.0 Å². The second-order valence-corrected chi connectivity index (χ2v) is 5.59. The minimum atomic E-state index is 0.0531. The quantitative estimate of drug-likeness (QED) is 0.673. The summed E-state index contributed by atoms with van der Waals surface area (Å²) >= 11 is 0. The molecule has 0 aliphatic heterocycles. The van der Waals surface area contributed by atoms with Crippen molar-refractivity contribution < 1.29 is 0 Å². The van der Waals surface area contributed by atoms with Crippen LogP contribution in [0.3, 0.4) is 0 Å². The SMILES string of the molecule is CCC1c2ccccc2-c2c([nH]c3ccccc23)C1N. The highest BCUT2D eigenvalue weighted by Gasteiger charge is 2.32. The zero-order chi connectivity index (χ0) is 13.7. The van der Waals surface area contributed by atoms with E-state index in [2.05, 4.69) is 60.4 Å². The zero-order valence-electron chi connectivity index (χ0n) is 11.6. The Balaban J connectivity index is 2.11. The molecule has 0 fully saturated rings. The summed E-state index contributed by atoms with van der Waals surface area (Å²) in [5.74, 6) is 0.395. The number of nitrogens with two attached hydrogens (primary N) is 1. The van der Waals surface area contributed by atoms with E-state index in [9.17, 15) is 0 Å². The first kappa shape index (κ1) is 11.7. The lowest BCUT2D eigenvalue weighted by Gasteiger charge is -2.30. The molecule has 100 valence electrons. The first-order valence-electron chi connectivity index (χ1n) is 7.26. The Hall–Kier alpha value is -2.06. The Bertz CT molecular complexity index is 785. The highest BCUT2D eigenvalue weighted by atomic mass is 14.8. The standard InChI is InChI=1S/C18H18N2/c1-2-11-12-7-3-4-8-13(12)16-14-9-5-6-10-15(14)20-18(16)17(11)19/h3-11,17,20H,2,19H2,1H3. The first-order chi connectivity index (χ1) is 9.81. The molecule has 1 aliphatic rings. The van der Waals surface area contributed by atoms with E-state index in [0.29, 0.717) is 5.92 Å². The fraction of sp³-hybridized carbons (Fsp3) is 0.222. The highest BCUT2D eigenvalue weighted by molar-refractivity contribution is 5.99. The summed E-state index contributed by atoms with van der Waals surface area (Å²) in [6, 6.07) is 17.2. The van der Waals surface area contributed by atoms with Gasteiger partial charge in [0.25, 0.3) is 0 Å². The van der Waals surface area contributed by atoms with Crippen LogP contribution >= 0.6 is 0 Å². The highest BCUT2D eigenvalue weighted by Crippen LogP contribution is 2.48. The minimum absolute atomic E-state index is 0.0531. The number of hydrogen-bond donors (Lipinski definition) is 2. The molecule has 1 aromatic heterocycles. The van der Waals surface area contributed by atoms with Crippen molar-refractivity contribution in [2.75, 3.05) is 0 Å². The van der Waals surface area contributed by atoms with E-state index < -0.39 is 0 Å². The normalized spacial score (nSPS) is 20.7. The third-order valence-electron chi connectivity index (χ3n) is 4.57. The second kappa shape index (κ2) is 4.22. The molecule has 3 N–H and O–H groups in total. The summed E-state index contributed by atoms with van der Waals surface area (Å²) in [7, 11) is 0. The lowest BCUT2D eigenvalue weighted by molar-refractivity contribution is 0.525. The summed E-state index contributed by atoms with van der Waals surface area (Å²) in [4.78, 5) is 3.55. The number of rotatable bonds is 1. The van der Waals surface area contributed by atoms with E-state index in [4.69, 9.17) is 5.73 Å². The van der Waals surface area contributed by atoms with Gasteiger partial charge in [0.1, 0.15) is 0 Å². The lowest BCUT2D eigenvalue weighted by atomic mass is 9.77. The van der Waals surface area contributed by atoms with Gasteiger partial charge in [-0.2, -0.15) is 0 Å². The summed E-state index contributed by atoms with van der Waals surface area (Å²) in [6.07, 6.45) is 1.06. The topological polar surface area (TPSA) is 41.8 Å². The van der Waals surface area contributed by atoms with Crippen LogP contribution in [0.5, 0.6) is 0 Å². The van der Waals surface area contributed by atoms with Gasteiger partial charge in [-0.15, -0.1) is 0 Å².